The first-order valence-electron chi connectivity index (χ1n) is 5.35. The van der Waals surface area contributed by atoms with Crippen molar-refractivity contribution in [3.05, 3.63) is 21.3 Å². The highest BCUT2D eigenvalue weighted by Crippen LogP contribution is 2.26. The van der Waals surface area contributed by atoms with Gasteiger partial charge in [0, 0.05) is 10.9 Å². The third-order valence-electron chi connectivity index (χ3n) is 2.36. The topological polar surface area (TPSA) is 41.1 Å². The predicted octanol–water partition coefficient (Wildman–Crippen LogP) is 3.56. The summed E-state index contributed by atoms with van der Waals surface area (Å²) in [5, 5.41) is 5.74. The summed E-state index contributed by atoms with van der Waals surface area (Å²) in [6, 6.07) is 3.82. The van der Waals surface area contributed by atoms with Gasteiger partial charge in [-0.15, -0.1) is 11.3 Å². The van der Waals surface area contributed by atoms with Crippen LogP contribution in [0.5, 0.6) is 0 Å². The maximum atomic E-state index is 11.6. The number of amides is 2. The van der Waals surface area contributed by atoms with Crippen molar-refractivity contribution in [2.75, 3.05) is 0 Å². The fourth-order valence-corrected chi connectivity index (χ4v) is 2.26. The van der Waals surface area contributed by atoms with Gasteiger partial charge in [0.1, 0.15) is 0 Å². The first-order chi connectivity index (χ1) is 7.52. The van der Waals surface area contributed by atoms with Crippen LogP contribution >= 0.6 is 22.9 Å². The van der Waals surface area contributed by atoms with Gasteiger partial charge >= 0.3 is 6.03 Å². The second-order valence-electron chi connectivity index (χ2n) is 3.79. The molecular weight excluding hydrogens is 244 g/mol. The number of thiophene rings is 1. The molecule has 0 aliphatic heterocycles. The molecule has 0 bridgehead atoms. The van der Waals surface area contributed by atoms with E-state index in [4.69, 9.17) is 11.6 Å². The summed E-state index contributed by atoms with van der Waals surface area (Å²) in [6.45, 7) is 5.96. The molecule has 1 rings (SSSR count). The van der Waals surface area contributed by atoms with Gasteiger partial charge in [0.25, 0.3) is 0 Å². The summed E-state index contributed by atoms with van der Waals surface area (Å²) in [5.74, 6) is 0. The predicted molar refractivity (Wildman–Crippen MR) is 69.2 cm³/mol. The van der Waals surface area contributed by atoms with Gasteiger partial charge in [0.05, 0.1) is 10.4 Å². The van der Waals surface area contributed by atoms with Crippen LogP contribution in [0.3, 0.4) is 0 Å². The largest absolute Gasteiger partial charge is 0.336 e. The van der Waals surface area contributed by atoms with Crippen LogP contribution in [-0.2, 0) is 0 Å². The summed E-state index contributed by atoms with van der Waals surface area (Å²) in [7, 11) is 0. The van der Waals surface area contributed by atoms with Crippen LogP contribution in [0.2, 0.25) is 4.34 Å². The molecule has 5 heteroatoms. The molecule has 1 aromatic rings. The second kappa shape index (κ2) is 6.11. The van der Waals surface area contributed by atoms with Gasteiger partial charge in [-0.1, -0.05) is 18.5 Å². The Kier molecular flexibility index (Phi) is 5.09. The van der Waals surface area contributed by atoms with E-state index in [1.54, 1.807) is 0 Å². The second-order valence-corrected chi connectivity index (χ2v) is 5.54. The minimum Gasteiger partial charge on any atom is -0.336 e. The van der Waals surface area contributed by atoms with Gasteiger partial charge in [0.2, 0.25) is 0 Å². The third-order valence-corrected chi connectivity index (χ3v) is 3.77. The quantitative estimate of drug-likeness (QED) is 0.854. The van der Waals surface area contributed by atoms with E-state index >= 15 is 0 Å². The smallest absolute Gasteiger partial charge is 0.315 e. The van der Waals surface area contributed by atoms with Crippen LogP contribution in [-0.4, -0.2) is 12.1 Å². The number of urea groups is 1. The van der Waals surface area contributed by atoms with Crippen LogP contribution in [0.15, 0.2) is 12.1 Å². The number of carbonyl (C=O) groups excluding carboxylic acids is 1. The molecule has 0 fully saturated rings. The summed E-state index contributed by atoms with van der Waals surface area (Å²) < 4.78 is 0.742. The molecule has 0 unspecified atom stereocenters. The summed E-state index contributed by atoms with van der Waals surface area (Å²) in [5.41, 5.74) is 0. The Labute approximate surface area is 105 Å². The van der Waals surface area contributed by atoms with Crippen molar-refractivity contribution in [2.45, 2.75) is 39.3 Å². The summed E-state index contributed by atoms with van der Waals surface area (Å²) in [4.78, 5) is 12.6. The Hall–Kier alpha value is -0.740. The van der Waals surface area contributed by atoms with Crippen molar-refractivity contribution in [3.8, 4) is 0 Å². The van der Waals surface area contributed by atoms with E-state index in [-0.39, 0.29) is 18.1 Å². The summed E-state index contributed by atoms with van der Waals surface area (Å²) in [6.07, 6.45) is 0.923. The normalized spacial score (nSPS) is 14.2. The van der Waals surface area contributed by atoms with Crippen molar-refractivity contribution < 1.29 is 4.79 Å². The van der Waals surface area contributed by atoms with Crippen molar-refractivity contribution in [3.63, 3.8) is 0 Å². The van der Waals surface area contributed by atoms with E-state index < -0.39 is 0 Å². The minimum absolute atomic E-state index is 0.0124. The lowest BCUT2D eigenvalue weighted by Gasteiger charge is -2.16. The van der Waals surface area contributed by atoms with Crippen LogP contribution in [0, 0.1) is 0 Å². The van der Waals surface area contributed by atoms with E-state index in [0.717, 1.165) is 15.6 Å². The molecule has 90 valence electrons. The zero-order valence-corrected chi connectivity index (χ0v) is 11.3. The van der Waals surface area contributed by atoms with E-state index in [0.29, 0.717) is 0 Å². The van der Waals surface area contributed by atoms with Crippen LogP contribution in [0.25, 0.3) is 0 Å². The zero-order valence-electron chi connectivity index (χ0n) is 9.71. The van der Waals surface area contributed by atoms with Gasteiger partial charge in [-0.25, -0.2) is 4.79 Å². The van der Waals surface area contributed by atoms with Crippen LogP contribution < -0.4 is 10.6 Å². The molecule has 0 aliphatic rings. The highest BCUT2D eigenvalue weighted by molar-refractivity contribution is 7.16. The fourth-order valence-electron chi connectivity index (χ4n) is 1.20. The zero-order chi connectivity index (χ0) is 12.1. The Morgan fingerprint density at radius 3 is 2.62 bits per heavy atom. The lowest BCUT2D eigenvalue weighted by atomic mass is 10.2. The first kappa shape index (κ1) is 13.3. The average molecular weight is 261 g/mol. The lowest BCUT2D eigenvalue weighted by molar-refractivity contribution is 0.234. The lowest BCUT2D eigenvalue weighted by Crippen LogP contribution is -2.41. The molecule has 0 saturated heterocycles. The van der Waals surface area contributed by atoms with Crippen molar-refractivity contribution >= 4 is 29.0 Å². The standard InChI is InChI=1S/C11H17ClN2OS/c1-4-7(2)13-11(15)14-8(3)9-5-6-10(12)16-9/h5-8H,4H2,1-3H3,(H2,13,14,15)/t7-,8+/m0/s1. The van der Waals surface area contributed by atoms with Crippen LogP contribution in [0.4, 0.5) is 4.79 Å². The molecule has 0 aromatic carbocycles. The number of hydrogen-bond donors (Lipinski definition) is 2. The molecule has 0 spiro atoms. The number of halogens is 1. The molecule has 3 nitrogen and oxygen atoms in total. The average Bonchev–Trinajstić information content (AvgIpc) is 2.64. The molecule has 2 atom stereocenters. The Morgan fingerprint density at radius 2 is 2.12 bits per heavy atom. The number of hydrogen-bond acceptors (Lipinski definition) is 2. The maximum Gasteiger partial charge on any atom is 0.315 e. The SMILES string of the molecule is CC[C@H](C)NC(=O)N[C@H](C)c1ccc(Cl)s1. The molecule has 2 amide bonds. The van der Waals surface area contributed by atoms with Gasteiger partial charge < -0.3 is 10.6 Å². The highest BCUT2D eigenvalue weighted by atomic mass is 35.5. The Morgan fingerprint density at radius 1 is 1.44 bits per heavy atom. The van der Waals surface area contributed by atoms with Crippen molar-refractivity contribution in [2.24, 2.45) is 0 Å². The minimum atomic E-state index is -0.133. The third kappa shape index (κ3) is 4.02. The Bertz CT molecular complexity index is 354. The Balaban J connectivity index is 2.45. The molecule has 0 aliphatic carbocycles. The van der Waals surface area contributed by atoms with E-state index in [9.17, 15) is 4.79 Å². The molecule has 16 heavy (non-hydrogen) atoms. The van der Waals surface area contributed by atoms with E-state index in [1.807, 2.05) is 32.9 Å². The number of nitrogens with one attached hydrogen (secondary N) is 2. The van der Waals surface area contributed by atoms with Gasteiger partial charge in [-0.3, -0.25) is 0 Å². The van der Waals surface area contributed by atoms with Crippen molar-refractivity contribution in [1.82, 2.24) is 10.6 Å². The van der Waals surface area contributed by atoms with E-state index in [1.165, 1.54) is 11.3 Å². The molecule has 0 saturated carbocycles. The monoisotopic (exact) mass is 260 g/mol. The van der Waals surface area contributed by atoms with Crippen molar-refractivity contribution in [1.29, 1.82) is 0 Å². The van der Waals surface area contributed by atoms with Gasteiger partial charge in [-0.05, 0) is 32.4 Å². The first-order valence-corrected chi connectivity index (χ1v) is 6.54. The fraction of sp³-hybridized carbons (Fsp3) is 0.545. The maximum absolute atomic E-state index is 11.6. The van der Waals surface area contributed by atoms with E-state index in [2.05, 4.69) is 10.6 Å². The van der Waals surface area contributed by atoms with Gasteiger partial charge in [-0.2, -0.15) is 0 Å². The molecule has 1 heterocycles. The van der Waals surface area contributed by atoms with Gasteiger partial charge in [0.15, 0.2) is 0 Å². The number of rotatable bonds is 4. The molecule has 2 N–H and O–H groups in total. The number of carbonyl (C=O) groups is 1. The molecule has 1 aromatic heterocycles. The molecule has 0 radical (unpaired) electrons. The molecular formula is C11H17ClN2OS. The highest BCUT2D eigenvalue weighted by Gasteiger charge is 2.12. The summed E-state index contributed by atoms with van der Waals surface area (Å²) >= 11 is 7.32. The van der Waals surface area contributed by atoms with Crippen LogP contribution in [0.1, 0.15) is 38.1 Å².